The van der Waals surface area contributed by atoms with Crippen LogP contribution >= 0.6 is 0 Å². The van der Waals surface area contributed by atoms with Gasteiger partial charge in [-0.1, -0.05) is 12.1 Å². The molecule has 0 aromatic heterocycles. The van der Waals surface area contributed by atoms with E-state index in [0.717, 1.165) is 18.8 Å². The molecular formula is C18H15N5. The zero-order valence-corrected chi connectivity index (χ0v) is 13.0. The molecule has 5 heteroatoms. The summed E-state index contributed by atoms with van der Waals surface area (Å²) in [5.74, 6) is 0. The van der Waals surface area contributed by atoms with Crippen molar-refractivity contribution in [3.05, 3.63) is 47.1 Å². The third-order valence-corrected chi connectivity index (χ3v) is 3.33. The molecule has 0 aliphatic carbocycles. The molecule has 23 heavy (non-hydrogen) atoms. The Morgan fingerprint density at radius 2 is 1.48 bits per heavy atom. The largest absolute Gasteiger partial charge is 0.372 e. The lowest BCUT2D eigenvalue weighted by Gasteiger charge is -2.21. The van der Waals surface area contributed by atoms with Crippen LogP contribution in [0.5, 0.6) is 0 Å². The molecule has 0 bridgehead atoms. The predicted octanol–water partition coefficient (Wildman–Crippen LogP) is 3.31. The molecule has 0 aliphatic heterocycles. The van der Waals surface area contributed by atoms with E-state index in [4.69, 9.17) is 15.8 Å². The third kappa shape index (κ3) is 4.21. The lowest BCUT2D eigenvalue weighted by Crippen LogP contribution is -2.21. The normalized spacial score (nSPS) is 9.74. The number of rotatable bonds is 5. The quantitative estimate of drug-likeness (QED) is 0.613. The van der Waals surface area contributed by atoms with Crippen molar-refractivity contribution in [3.63, 3.8) is 0 Å². The lowest BCUT2D eigenvalue weighted by atomic mass is 10.0. The van der Waals surface area contributed by atoms with Crippen molar-refractivity contribution < 1.29 is 0 Å². The Morgan fingerprint density at radius 3 is 1.87 bits per heavy atom. The molecule has 112 valence electrons. The van der Waals surface area contributed by atoms with E-state index in [2.05, 4.69) is 18.7 Å². The zero-order valence-electron chi connectivity index (χ0n) is 13.0. The number of hydrogen-bond acceptors (Lipinski definition) is 5. The standard InChI is InChI=1S/C18H15N5/c1-3-23(4-2)18-7-5-14(6-8-18)15(10-19)9-16(11-20)17(12-21)13-22/h5-9H,3-4H2,1-2H3/b15-9+. The summed E-state index contributed by atoms with van der Waals surface area (Å²) in [5, 5.41) is 36.0. The average molecular weight is 301 g/mol. The molecule has 0 saturated heterocycles. The van der Waals surface area contributed by atoms with Crippen LogP contribution in [0.25, 0.3) is 5.57 Å². The fraction of sp³-hybridized carbons (Fsp3) is 0.222. The van der Waals surface area contributed by atoms with Gasteiger partial charge in [-0.25, -0.2) is 0 Å². The Kier molecular flexibility index (Phi) is 6.61. The predicted molar refractivity (Wildman–Crippen MR) is 87.5 cm³/mol. The number of allylic oxidation sites excluding steroid dienone is 4. The van der Waals surface area contributed by atoms with Crippen molar-refractivity contribution in [1.82, 2.24) is 0 Å². The summed E-state index contributed by atoms with van der Waals surface area (Å²) in [6, 6.07) is 14.5. The average Bonchev–Trinajstić information content (AvgIpc) is 2.60. The number of benzene rings is 1. The molecule has 0 saturated carbocycles. The van der Waals surface area contributed by atoms with Gasteiger partial charge in [0.1, 0.15) is 23.8 Å². The number of hydrogen-bond donors (Lipinski definition) is 0. The van der Waals surface area contributed by atoms with Crippen molar-refractivity contribution in [2.45, 2.75) is 13.8 Å². The van der Waals surface area contributed by atoms with Gasteiger partial charge in [0, 0.05) is 18.8 Å². The fourth-order valence-electron chi connectivity index (χ4n) is 2.07. The van der Waals surface area contributed by atoms with Crippen LogP contribution in [0, 0.1) is 45.3 Å². The molecule has 0 N–H and O–H groups in total. The number of anilines is 1. The van der Waals surface area contributed by atoms with Crippen molar-refractivity contribution in [3.8, 4) is 24.3 Å². The molecule has 0 heterocycles. The third-order valence-electron chi connectivity index (χ3n) is 3.33. The van der Waals surface area contributed by atoms with E-state index in [1.54, 1.807) is 30.3 Å². The summed E-state index contributed by atoms with van der Waals surface area (Å²) < 4.78 is 0. The molecule has 0 amide bonds. The molecule has 0 unspecified atom stereocenters. The van der Waals surface area contributed by atoms with Gasteiger partial charge in [0.2, 0.25) is 0 Å². The van der Waals surface area contributed by atoms with Gasteiger partial charge in [0.05, 0.1) is 17.2 Å². The maximum atomic E-state index is 9.30. The second-order valence-electron chi connectivity index (χ2n) is 4.51. The van der Waals surface area contributed by atoms with E-state index in [9.17, 15) is 5.26 Å². The summed E-state index contributed by atoms with van der Waals surface area (Å²) in [6.07, 6.45) is 1.27. The summed E-state index contributed by atoms with van der Waals surface area (Å²) in [6.45, 7) is 5.89. The van der Waals surface area contributed by atoms with Crippen LogP contribution in [0.3, 0.4) is 0 Å². The number of nitrogens with zero attached hydrogens (tertiary/aromatic N) is 5. The van der Waals surface area contributed by atoms with Crippen molar-refractivity contribution in [1.29, 1.82) is 21.0 Å². The van der Waals surface area contributed by atoms with Crippen LogP contribution in [0.15, 0.2) is 41.5 Å². The minimum absolute atomic E-state index is 0.112. The lowest BCUT2D eigenvalue weighted by molar-refractivity contribution is 0.866. The van der Waals surface area contributed by atoms with Crippen LogP contribution in [0.4, 0.5) is 5.69 Å². The maximum Gasteiger partial charge on any atom is 0.147 e. The molecule has 0 fully saturated rings. The van der Waals surface area contributed by atoms with E-state index in [1.165, 1.54) is 6.08 Å². The van der Waals surface area contributed by atoms with Gasteiger partial charge in [-0.2, -0.15) is 21.0 Å². The van der Waals surface area contributed by atoms with Crippen LogP contribution in [0.2, 0.25) is 0 Å². The molecule has 1 rings (SSSR count). The maximum absolute atomic E-state index is 9.30. The fourth-order valence-corrected chi connectivity index (χ4v) is 2.07. The second kappa shape index (κ2) is 8.68. The summed E-state index contributed by atoms with van der Waals surface area (Å²) in [5.41, 5.74) is 1.49. The molecule has 1 aromatic carbocycles. The summed E-state index contributed by atoms with van der Waals surface area (Å²) in [4.78, 5) is 2.17. The molecular weight excluding hydrogens is 286 g/mol. The first-order valence-electron chi connectivity index (χ1n) is 7.06. The SMILES string of the molecule is CCN(CC)c1ccc(/C(C#N)=C/C(C#N)=C(C#N)C#N)cc1. The molecule has 0 aliphatic rings. The summed E-state index contributed by atoms with van der Waals surface area (Å²) >= 11 is 0. The molecule has 0 spiro atoms. The Hall–Kier alpha value is -3.54. The molecule has 0 atom stereocenters. The second-order valence-corrected chi connectivity index (χ2v) is 4.51. The van der Waals surface area contributed by atoms with Gasteiger partial charge in [0.25, 0.3) is 0 Å². The van der Waals surface area contributed by atoms with Gasteiger partial charge < -0.3 is 4.90 Å². The highest BCUT2D eigenvalue weighted by Crippen LogP contribution is 2.21. The Labute approximate surface area is 136 Å². The Bertz CT molecular complexity index is 766. The van der Waals surface area contributed by atoms with Gasteiger partial charge in [-0.3, -0.25) is 0 Å². The monoisotopic (exact) mass is 301 g/mol. The minimum Gasteiger partial charge on any atom is -0.372 e. The Balaban J connectivity index is 3.29. The zero-order chi connectivity index (χ0) is 17.2. The van der Waals surface area contributed by atoms with Crippen LogP contribution in [-0.2, 0) is 0 Å². The first-order chi connectivity index (χ1) is 11.1. The smallest absolute Gasteiger partial charge is 0.147 e. The topological polar surface area (TPSA) is 98.4 Å². The highest BCUT2D eigenvalue weighted by molar-refractivity contribution is 5.81. The van der Waals surface area contributed by atoms with E-state index < -0.39 is 0 Å². The number of nitriles is 4. The Morgan fingerprint density at radius 1 is 0.913 bits per heavy atom. The summed E-state index contributed by atoms with van der Waals surface area (Å²) in [7, 11) is 0. The van der Waals surface area contributed by atoms with Crippen LogP contribution in [-0.4, -0.2) is 13.1 Å². The highest BCUT2D eigenvalue weighted by Gasteiger charge is 2.08. The van der Waals surface area contributed by atoms with Crippen LogP contribution < -0.4 is 4.90 Å². The molecule has 1 aromatic rings. The van der Waals surface area contributed by atoms with Gasteiger partial charge in [-0.15, -0.1) is 0 Å². The van der Waals surface area contributed by atoms with Gasteiger partial charge in [-0.05, 0) is 37.6 Å². The minimum atomic E-state index is -0.306. The highest BCUT2D eigenvalue weighted by atomic mass is 15.1. The van der Waals surface area contributed by atoms with E-state index in [-0.39, 0.29) is 16.7 Å². The van der Waals surface area contributed by atoms with E-state index in [1.807, 2.05) is 18.2 Å². The van der Waals surface area contributed by atoms with Crippen LogP contribution in [0.1, 0.15) is 19.4 Å². The van der Waals surface area contributed by atoms with Crippen molar-refractivity contribution >= 4 is 11.3 Å². The first-order valence-corrected chi connectivity index (χ1v) is 7.06. The van der Waals surface area contributed by atoms with Crippen molar-refractivity contribution in [2.75, 3.05) is 18.0 Å². The molecule has 5 nitrogen and oxygen atoms in total. The molecule has 0 radical (unpaired) electrons. The van der Waals surface area contributed by atoms with E-state index >= 15 is 0 Å². The van der Waals surface area contributed by atoms with Crippen molar-refractivity contribution in [2.24, 2.45) is 0 Å². The van der Waals surface area contributed by atoms with E-state index in [0.29, 0.717) is 5.56 Å². The first kappa shape index (κ1) is 17.5. The van der Waals surface area contributed by atoms with Gasteiger partial charge in [0.15, 0.2) is 0 Å². The van der Waals surface area contributed by atoms with Gasteiger partial charge >= 0.3 is 0 Å².